The molecule has 2 N–H and O–H groups in total. The van der Waals surface area contributed by atoms with Gasteiger partial charge in [0.25, 0.3) is 0 Å². The Morgan fingerprint density at radius 2 is 2.21 bits per heavy atom. The van der Waals surface area contributed by atoms with E-state index < -0.39 is 11.6 Å². The topological polar surface area (TPSA) is 90.3 Å². The fourth-order valence-electron chi connectivity index (χ4n) is 1.21. The predicted molar refractivity (Wildman–Crippen MR) is 65.4 cm³/mol. The van der Waals surface area contributed by atoms with Crippen molar-refractivity contribution in [3.8, 4) is 6.07 Å². The van der Waals surface area contributed by atoms with Crippen LogP contribution in [0.3, 0.4) is 0 Å². The highest BCUT2D eigenvalue weighted by molar-refractivity contribution is 9.10. The van der Waals surface area contributed by atoms with Gasteiger partial charge in [0, 0.05) is 12.3 Å². The van der Waals surface area contributed by atoms with Gasteiger partial charge in [0.1, 0.15) is 23.3 Å². The van der Waals surface area contributed by atoms with Crippen LogP contribution in [0.4, 0.5) is 14.5 Å². The number of rotatable bonds is 3. The van der Waals surface area contributed by atoms with Gasteiger partial charge in [0.15, 0.2) is 0 Å². The molecule has 0 bridgehead atoms. The number of nitrogens with one attached hydrogen (secondary N) is 2. The second-order valence-electron chi connectivity index (χ2n) is 3.30. The number of halogens is 3. The second-order valence-corrected chi connectivity index (χ2v) is 4.15. The minimum absolute atomic E-state index is 0.00419. The molecule has 0 unspecified atom stereocenters. The molecule has 0 aliphatic heterocycles. The average molecular weight is 327 g/mol. The summed E-state index contributed by atoms with van der Waals surface area (Å²) in [4.78, 5) is 0. The van der Waals surface area contributed by atoms with E-state index in [9.17, 15) is 8.78 Å². The number of benzene rings is 1. The summed E-state index contributed by atoms with van der Waals surface area (Å²) in [6.45, 7) is 0. The Morgan fingerprint density at radius 3 is 2.84 bits per heavy atom. The Balaban J connectivity index is 2.27. The molecule has 0 aliphatic carbocycles. The van der Waals surface area contributed by atoms with Crippen molar-refractivity contribution < 1.29 is 8.78 Å². The molecule has 0 fully saturated rings. The normalized spacial score (nSPS) is 11.2. The third kappa shape index (κ3) is 2.92. The Labute approximate surface area is 114 Å². The zero-order chi connectivity index (χ0) is 13.8. The first kappa shape index (κ1) is 13.1. The Hall–Kier alpha value is -2.34. The smallest absolute Gasteiger partial charge is 0.216 e. The van der Waals surface area contributed by atoms with Crippen LogP contribution >= 0.6 is 15.9 Å². The lowest BCUT2D eigenvalue weighted by atomic mass is 10.2. The maximum absolute atomic E-state index is 13.4. The van der Waals surface area contributed by atoms with Gasteiger partial charge in [-0.1, -0.05) is 0 Å². The standard InChI is InChI=1S/C10H5BrF2N6/c11-6-1-9(8(13)2-7(6)12)15-4-5(3-14)10-16-18-19-17-10/h1-2,4,15H,(H,16,17,18,19). The first-order valence-corrected chi connectivity index (χ1v) is 5.66. The van der Waals surface area contributed by atoms with Crippen molar-refractivity contribution in [3.05, 3.63) is 40.3 Å². The molecule has 0 amide bonds. The lowest BCUT2D eigenvalue weighted by Crippen LogP contribution is -1.96. The highest BCUT2D eigenvalue weighted by atomic mass is 79.9. The number of anilines is 1. The zero-order valence-electron chi connectivity index (χ0n) is 9.15. The van der Waals surface area contributed by atoms with Gasteiger partial charge in [0.2, 0.25) is 5.82 Å². The van der Waals surface area contributed by atoms with Gasteiger partial charge in [-0.3, -0.25) is 0 Å². The minimum atomic E-state index is -0.789. The van der Waals surface area contributed by atoms with E-state index in [1.165, 1.54) is 12.3 Å². The van der Waals surface area contributed by atoms with E-state index in [2.05, 4.69) is 41.9 Å². The van der Waals surface area contributed by atoms with Gasteiger partial charge < -0.3 is 5.32 Å². The highest BCUT2D eigenvalue weighted by Gasteiger charge is 2.09. The van der Waals surface area contributed by atoms with Crippen LogP contribution in [0.1, 0.15) is 5.82 Å². The number of hydrogen-bond acceptors (Lipinski definition) is 5. The molecule has 2 aromatic rings. The molecule has 0 spiro atoms. The largest absolute Gasteiger partial charge is 0.358 e. The summed E-state index contributed by atoms with van der Waals surface area (Å²) in [6, 6.07) is 3.76. The van der Waals surface area contributed by atoms with Crippen LogP contribution in [0.5, 0.6) is 0 Å². The van der Waals surface area contributed by atoms with Gasteiger partial charge in [0.05, 0.1) is 10.2 Å². The molecule has 0 saturated heterocycles. The van der Waals surface area contributed by atoms with Gasteiger partial charge in [-0.25, -0.2) is 8.78 Å². The molecule has 0 atom stereocenters. The summed E-state index contributed by atoms with van der Waals surface area (Å²) >= 11 is 2.94. The lowest BCUT2D eigenvalue weighted by Gasteiger charge is -2.04. The first-order valence-electron chi connectivity index (χ1n) is 4.87. The van der Waals surface area contributed by atoms with E-state index in [4.69, 9.17) is 5.26 Å². The molecule has 6 nitrogen and oxygen atoms in total. The molecular weight excluding hydrogens is 322 g/mol. The van der Waals surface area contributed by atoms with Gasteiger partial charge in [-0.15, -0.1) is 10.2 Å². The number of nitrogens with zero attached hydrogens (tertiary/aromatic N) is 4. The Kier molecular flexibility index (Phi) is 3.82. The molecule has 9 heteroatoms. The summed E-state index contributed by atoms with van der Waals surface area (Å²) in [5.41, 5.74) is 0.0538. The monoisotopic (exact) mass is 326 g/mol. The number of aromatic amines is 1. The van der Waals surface area contributed by atoms with Crippen molar-refractivity contribution in [2.24, 2.45) is 0 Å². The van der Waals surface area contributed by atoms with Gasteiger partial charge >= 0.3 is 0 Å². The predicted octanol–water partition coefficient (Wildman–Crippen LogP) is 2.22. The van der Waals surface area contributed by atoms with Crippen molar-refractivity contribution in [1.29, 1.82) is 5.26 Å². The third-order valence-corrected chi connectivity index (χ3v) is 2.70. The summed E-state index contributed by atoms with van der Waals surface area (Å²) in [7, 11) is 0. The molecule has 0 saturated carbocycles. The zero-order valence-corrected chi connectivity index (χ0v) is 10.7. The fourth-order valence-corrected chi connectivity index (χ4v) is 1.55. The number of aromatic nitrogens is 4. The van der Waals surface area contributed by atoms with Crippen LogP contribution in [0, 0.1) is 23.0 Å². The lowest BCUT2D eigenvalue weighted by molar-refractivity contribution is 0.581. The number of allylic oxidation sites excluding steroid dienone is 1. The second kappa shape index (κ2) is 5.53. The van der Waals surface area contributed by atoms with Crippen LogP contribution in [0.25, 0.3) is 5.57 Å². The number of nitriles is 1. The Bertz CT molecular complexity index is 661. The van der Waals surface area contributed by atoms with Crippen LogP contribution in [0.2, 0.25) is 0 Å². The summed E-state index contributed by atoms with van der Waals surface area (Å²) in [6.07, 6.45) is 1.20. The summed E-state index contributed by atoms with van der Waals surface area (Å²) in [5, 5.41) is 24.2. The van der Waals surface area contributed by atoms with Crippen molar-refractivity contribution >= 4 is 27.2 Å². The van der Waals surface area contributed by atoms with Crippen LogP contribution in [0.15, 0.2) is 22.8 Å². The molecule has 1 heterocycles. The van der Waals surface area contributed by atoms with Gasteiger partial charge in [-0.05, 0) is 27.2 Å². The van der Waals surface area contributed by atoms with Crippen LogP contribution < -0.4 is 5.32 Å². The van der Waals surface area contributed by atoms with Crippen LogP contribution in [-0.2, 0) is 0 Å². The maximum atomic E-state index is 13.4. The van der Waals surface area contributed by atoms with E-state index >= 15 is 0 Å². The number of tetrazole rings is 1. The highest BCUT2D eigenvalue weighted by Crippen LogP contribution is 2.24. The molecule has 1 aromatic heterocycles. The molecular formula is C10H5BrF2N6. The van der Waals surface area contributed by atoms with Crippen LogP contribution in [-0.4, -0.2) is 20.6 Å². The van der Waals surface area contributed by atoms with E-state index in [0.717, 1.165) is 6.07 Å². The van der Waals surface area contributed by atoms with Crippen molar-refractivity contribution in [1.82, 2.24) is 20.6 Å². The summed E-state index contributed by atoms with van der Waals surface area (Å²) < 4.78 is 26.6. The van der Waals surface area contributed by atoms with E-state index in [1.54, 1.807) is 0 Å². The molecule has 19 heavy (non-hydrogen) atoms. The van der Waals surface area contributed by atoms with Crippen molar-refractivity contribution in [2.75, 3.05) is 5.32 Å². The number of hydrogen-bond donors (Lipinski definition) is 2. The van der Waals surface area contributed by atoms with Crippen molar-refractivity contribution in [2.45, 2.75) is 0 Å². The molecule has 0 radical (unpaired) electrons. The van der Waals surface area contributed by atoms with E-state index in [1.807, 2.05) is 6.07 Å². The maximum Gasteiger partial charge on any atom is 0.216 e. The SMILES string of the molecule is N#CC(=CNc1cc(Br)c(F)cc1F)c1nn[nH]n1. The molecule has 96 valence electrons. The fraction of sp³-hybridized carbons (Fsp3) is 0. The quantitative estimate of drug-likeness (QED) is 0.666. The first-order chi connectivity index (χ1) is 9.11. The number of H-pyrrole nitrogens is 1. The molecule has 2 rings (SSSR count). The van der Waals surface area contributed by atoms with E-state index in [-0.39, 0.29) is 21.6 Å². The minimum Gasteiger partial charge on any atom is -0.358 e. The van der Waals surface area contributed by atoms with Gasteiger partial charge in [-0.2, -0.15) is 10.5 Å². The molecule has 1 aromatic carbocycles. The molecule has 0 aliphatic rings. The van der Waals surface area contributed by atoms with E-state index in [0.29, 0.717) is 0 Å². The summed E-state index contributed by atoms with van der Waals surface area (Å²) in [5.74, 6) is -1.44. The Morgan fingerprint density at radius 1 is 1.42 bits per heavy atom. The van der Waals surface area contributed by atoms with Crippen molar-refractivity contribution in [3.63, 3.8) is 0 Å². The average Bonchev–Trinajstić information content (AvgIpc) is 2.90. The third-order valence-electron chi connectivity index (χ3n) is 2.09.